The van der Waals surface area contributed by atoms with Gasteiger partial charge in [-0.1, -0.05) is 10.2 Å². The Kier molecular flexibility index (Phi) is 12.8. The van der Waals surface area contributed by atoms with Crippen molar-refractivity contribution in [1.29, 1.82) is 0 Å². The largest absolute Gasteiger partial charge is 0.391 e. The SMILES string of the molecule is [N-]=[N+]=NCC(O)COCCCCOCC(O)CN=[N+]=[N-]. The molecule has 0 bridgehead atoms. The first kappa shape index (κ1) is 18.5. The average molecular weight is 288 g/mol. The van der Waals surface area contributed by atoms with Gasteiger partial charge in [0.2, 0.25) is 0 Å². The number of ether oxygens (including phenoxy) is 2. The number of nitrogens with zero attached hydrogens (tertiary/aromatic N) is 6. The van der Waals surface area contributed by atoms with Gasteiger partial charge in [0.05, 0.1) is 38.5 Å². The first-order valence-corrected chi connectivity index (χ1v) is 6.24. The van der Waals surface area contributed by atoms with Gasteiger partial charge < -0.3 is 19.7 Å². The lowest BCUT2D eigenvalue weighted by Crippen LogP contribution is -2.19. The highest BCUT2D eigenvalue weighted by molar-refractivity contribution is 4.59. The monoisotopic (exact) mass is 288 g/mol. The Hall–Kier alpha value is -1.54. The van der Waals surface area contributed by atoms with Gasteiger partial charge in [-0.15, -0.1) is 0 Å². The summed E-state index contributed by atoms with van der Waals surface area (Å²) in [6.45, 7) is 1.21. The summed E-state index contributed by atoms with van der Waals surface area (Å²) in [7, 11) is 0. The standard InChI is InChI=1S/C10H20N6O4/c11-15-13-5-9(17)7-19-3-1-2-4-20-8-10(18)6-14-16-12/h9-10,17-18H,1-8H2. The van der Waals surface area contributed by atoms with E-state index in [1.165, 1.54) is 0 Å². The molecule has 0 radical (unpaired) electrons. The van der Waals surface area contributed by atoms with E-state index < -0.39 is 12.2 Å². The Morgan fingerprint density at radius 2 is 1.25 bits per heavy atom. The number of unbranched alkanes of at least 4 members (excludes halogenated alkanes) is 1. The van der Waals surface area contributed by atoms with Crippen molar-refractivity contribution in [3.8, 4) is 0 Å². The maximum Gasteiger partial charge on any atom is 0.0829 e. The normalized spacial score (nSPS) is 13.1. The molecule has 2 atom stereocenters. The van der Waals surface area contributed by atoms with Crippen LogP contribution in [0.1, 0.15) is 12.8 Å². The molecule has 20 heavy (non-hydrogen) atoms. The molecule has 0 rings (SSSR count). The van der Waals surface area contributed by atoms with Crippen LogP contribution >= 0.6 is 0 Å². The van der Waals surface area contributed by atoms with Crippen molar-refractivity contribution in [1.82, 2.24) is 0 Å². The summed E-state index contributed by atoms with van der Waals surface area (Å²) >= 11 is 0. The molecular weight excluding hydrogens is 268 g/mol. The maximum absolute atomic E-state index is 9.28. The lowest BCUT2D eigenvalue weighted by atomic mass is 10.3. The van der Waals surface area contributed by atoms with E-state index in [1.54, 1.807) is 0 Å². The minimum atomic E-state index is -0.780. The van der Waals surface area contributed by atoms with E-state index in [-0.39, 0.29) is 26.3 Å². The molecule has 10 nitrogen and oxygen atoms in total. The maximum atomic E-state index is 9.28. The van der Waals surface area contributed by atoms with Crippen LogP contribution < -0.4 is 0 Å². The summed E-state index contributed by atoms with van der Waals surface area (Å²) in [4.78, 5) is 5.07. The number of aliphatic hydroxyl groups excluding tert-OH is 2. The topological polar surface area (TPSA) is 156 Å². The quantitative estimate of drug-likeness (QED) is 0.225. The van der Waals surface area contributed by atoms with Crippen LogP contribution in [-0.4, -0.2) is 61.9 Å². The van der Waals surface area contributed by atoms with Crippen LogP contribution in [0.25, 0.3) is 20.9 Å². The van der Waals surface area contributed by atoms with Gasteiger partial charge in [-0.2, -0.15) is 0 Å². The molecule has 2 unspecified atom stereocenters. The summed E-state index contributed by atoms with van der Waals surface area (Å²) in [6, 6.07) is 0. The molecule has 0 amide bonds. The lowest BCUT2D eigenvalue weighted by molar-refractivity contribution is 0.0253. The van der Waals surface area contributed by atoms with Gasteiger partial charge in [-0.05, 0) is 23.9 Å². The fraction of sp³-hybridized carbons (Fsp3) is 1.00. The van der Waals surface area contributed by atoms with E-state index in [9.17, 15) is 10.2 Å². The third-order valence-electron chi connectivity index (χ3n) is 2.16. The van der Waals surface area contributed by atoms with Crippen LogP contribution in [0.15, 0.2) is 10.2 Å². The van der Waals surface area contributed by atoms with E-state index >= 15 is 0 Å². The van der Waals surface area contributed by atoms with Gasteiger partial charge in [-0.3, -0.25) is 0 Å². The van der Waals surface area contributed by atoms with Gasteiger partial charge in [0.25, 0.3) is 0 Å². The van der Waals surface area contributed by atoms with Crippen LogP contribution in [0.2, 0.25) is 0 Å². The van der Waals surface area contributed by atoms with Crippen molar-refractivity contribution >= 4 is 0 Å². The minimum Gasteiger partial charge on any atom is -0.391 e. The van der Waals surface area contributed by atoms with Crippen molar-refractivity contribution in [2.75, 3.05) is 39.5 Å². The Bertz CT molecular complexity index is 298. The van der Waals surface area contributed by atoms with Gasteiger partial charge >= 0.3 is 0 Å². The van der Waals surface area contributed by atoms with Crippen LogP contribution in [0.3, 0.4) is 0 Å². The molecule has 0 aliphatic heterocycles. The second-order valence-corrected chi connectivity index (χ2v) is 3.99. The van der Waals surface area contributed by atoms with Gasteiger partial charge in [0, 0.05) is 23.0 Å². The average Bonchev–Trinajstić information content (AvgIpc) is 2.45. The highest BCUT2D eigenvalue weighted by Crippen LogP contribution is 1.95. The molecule has 0 spiro atoms. The van der Waals surface area contributed by atoms with Gasteiger partial charge in [0.15, 0.2) is 0 Å². The highest BCUT2D eigenvalue weighted by Gasteiger charge is 2.03. The zero-order valence-electron chi connectivity index (χ0n) is 11.2. The molecule has 0 saturated heterocycles. The summed E-state index contributed by atoms with van der Waals surface area (Å²) in [5.41, 5.74) is 16.1. The molecule has 0 heterocycles. The number of hydrogen-bond acceptors (Lipinski definition) is 6. The Balaban J connectivity index is 3.28. The predicted octanol–water partition coefficient (Wildman–Crippen LogP) is 1.14. The molecule has 114 valence electrons. The predicted molar refractivity (Wildman–Crippen MR) is 70.9 cm³/mol. The first-order chi connectivity index (χ1) is 9.70. The molecule has 0 fully saturated rings. The molecule has 0 aliphatic carbocycles. The van der Waals surface area contributed by atoms with Crippen molar-refractivity contribution in [3.63, 3.8) is 0 Å². The van der Waals surface area contributed by atoms with Crippen LogP contribution in [-0.2, 0) is 9.47 Å². The first-order valence-electron chi connectivity index (χ1n) is 6.24. The Morgan fingerprint density at radius 3 is 1.60 bits per heavy atom. The summed E-state index contributed by atoms with van der Waals surface area (Å²) in [6.07, 6.45) is -0.0579. The highest BCUT2D eigenvalue weighted by atomic mass is 16.5. The van der Waals surface area contributed by atoms with E-state index in [4.69, 9.17) is 20.5 Å². The van der Waals surface area contributed by atoms with Crippen molar-refractivity contribution in [2.24, 2.45) is 10.2 Å². The van der Waals surface area contributed by atoms with Crippen LogP contribution in [0, 0.1) is 0 Å². The fourth-order valence-corrected chi connectivity index (χ4v) is 1.21. The van der Waals surface area contributed by atoms with Crippen LogP contribution in [0.4, 0.5) is 0 Å². The molecule has 0 aromatic carbocycles. The Labute approximate surface area is 116 Å². The zero-order valence-corrected chi connectivity index (χ0v) is 11.2. The number of aliphatic hydroxyl groups is 2. The van der Waals surface area contributed by atoms with Crippen molar-refractivity contribution in [3.05, 3.63) is 20.9 Å². The number of azide groups is 2. The van der Waals surface area contributed by atoms with E-state index in [0.29, 0.717) is 13.2 Å². The molecular formula is C10H20N6O4. The summed E-state index contributed by atoms with van der Waals surface area (Å²) in [5, 5.41) is 25.0. The van der Waals surface area contributed by atoms with Crippen LogP contribution in [0.5, 0.6) is 0 Å². The van der Waals surface area contributed by atoms with Gasteiger partial charge in [-0.25, -0.2) is 0 Å². The Morgan fingerprint density at radius 1 is 0.850 bits per heavy atom. The second-order valence-electron chi connectivity index (χ2n) is 3.99. The smallest absolute Gasteiger partial charge is 0.0829 e. The molecule has 0 aromatic rings. The fourth-order valence-electron chi connectivity index (χ4n) is 1.21. The summed E-state index contributed by atoms with van der Waals surface area (Å²) < 4.78 is 10.4. The van der Waals surface area contributed by atoms with E-state index in [0.717, 1.165) is 12.8 Å². The third-order valence-corrected chi connectivity index (χ3v) is 2.16. The van der Waals surface area contributed by atoms with Crippen molar-refractivity contribution in [2.45, 2.75) is 25.0 Å². The minimum absolute atomic E-state index is 0.00266. The lowest BCUT2D eigenvalue weighted by Gasteiger charge is -2.10. The second kappa shape index (κ2) is 13.9. The van der Waals surface area contributed by atoms with E-state index in [1.807, 2.05) is 0 Å². The molecule has 0 aromatic heterocycles. The molecule has 0 aliphatic rings. The van der Waals surface area contributed by atoms with E-state index in [2.05, 4.69) is 20.1 Å². The number of rotatable bonds is 13. The molecule has 2 N–H and O–H groups in total. The van der Waals surface area contributed by atoms with Gasteiger partial charge in [0.1, 0.15) is 0 Å². The number of hydrogen-bond donors (Lipinski definition) is 2. The van der Waals surface area contributed by atoms with Crippen molar-refractivity contribution < 1.29 is 19.7 Å². The molecule has 0 saturated carbocycles. The zero-order chi connectivity index (χ0) is 15.1. The molecule has 10 heteroatoms. The third kappa shape index (κ3) is 12.9. The summed E-state index contributed by atoms with van der Waals surface area (Å²) in [5.74, 6) is 0.